The molecule has 1 amide bonds. The topological polar surface area (TPSA) is 131 Å². The maximum atomic E-state index is 12.1. The molecule has 1 heterocycles. The highest BCUT2D eigenvalue weighted by atomic mass is 35.5. The van der Waals surface area contributed by atoms with E-state index in [0.717, 1.165) is 17.5 Å². The van der Waals surface area contributed by atoms with Crippen LogP contribution in [-0.2, 0) is 4.79 Å². The first-order valence-corrected chi connectivity index (χ1v) is 9.96. The molecule has 3 rings (SSSR count). The average molecular weight is 477 g/mol. The Morgan fingerprint density at radius 2 is 1.78 bits per heavy atom. The SMILES string of the molecule is Cc1cc(C)cc(Nc2ncnc(NNC(=O)COc3ccc(Cl)cc3Cl)c2[N+](=O)[O-])c1. The number of hydrogen-bond acceptors (Lipinski definition) is 8. The zero-order chi connectivity index (χ0) is 23.3. The van der Waals surface area contributed by atoms with Crippen molar-refractivity contribution in [3.8, 4) is 5.75 Å². The number of carbonyl (C=O) groups is 1. The summed E-state index contributed by atoms with van der Waals surface area (Å²) in [6, 6.07) is 10.2. The van der Waals surface area contributed by atoms with Crippen molar-refractivity contribution in [2.45, 2.75) is 13.8 Å². The summed E-state index contributed by atoms with van der Waals surface area (Å²) in [6.07, 6.45) is 1.14. The van der Waals surface area contributed by atoms with Crippen LogP contribution in [0.15, 0.2) is 42.7 Å². The van der Waals surface area contributed by atoms with Crippen LogP contribution in [0.1, 0.15) is 11.1 Å². The minimum Gasteiger partial charge on any atom is -0.482 e. The standard InChI is InChI=1S/C20H18Cl2N6O4/c1-11-5-12(2)7-14(6-11)25-19-18(28(30)31)20(24-10-23-19)27-26-17(29)9-32-16-4-3-13(21)8-15(16)22/h3-8,10H,9H2,1-2H3,(H,26,29)(H2,23,24,25,27). The third kappa shape index (κ3) is 5.96. The van der Waals surface area contributed by atoms with Gasteiger partial charge in [-0.2, -0.15) is 0 Å². The number of amides is 1. The lowest BCUT2D eigenvalue weighted by Gasteiger charge is -2.12. The number of aryl methyl sites for hydroxylation is 2. The third-order valence-electron chi connectivity index (χ3n) is 4.06. The summed E-state index contributed by atoms with van der Waals surface area (Å²) in [7, 11) is 0. The van der Waals surface area contributed by atoms with Gasteiger partial charge in [0.05, 0.1) is 9.95 Å². The Bertz CT molecular complexity index is 1150. The number of hydrazine groups is 1. The van der Waals surface area contributed by atoms with Gasteiger partial charge >= 0.3 is 5.69 Å². The molecule has 1 aromatic heterocycles. The molecule has 0 radical (unpaired) electrons. The Hall–Kier alpha value is -3.63. The van der Waals surface area contributed by atoms with Crippen LogP contribution >= 0.6 is 23.2 Å². The molecule has 0 aliphatic carbocycles. The Morgan fingerprint density at radius 1 is 1.09 bits per heavy atom. The van der Waals surface area contributed by atoms with Gasteiger partial charge in [0.25, 0.3) is 5.91 Å². The van der Waals surface area contributed by atoms with E-state index in [4.69, 9.17) is 27.9 Å². The number of ether oxygens (including phenoxy) is 1. The molecule has 0 fully saturated rings. The number of halogens is 2. The lowest BCUT2D eigenvalue weighted by atomic mass is 10.1. The third-order valence-corrected chi connectivity index (χ3v) is 4.59. The number of hydrogen-bond donors (Lipinski definition) is 3. The van der Waals surface area contributed by atoms with E-state index in [0.29, 0.717) is 10.7 Å². The van der Waals surface area contributed by atoms with Gasteiger partial charge in [0.2, 0.25) is 11.6 Å². The lowest BCUT2D eigenvalue weighted by Crippen LogP contribution is -2.34. The molecule has 0 saturated heterocycles. The lowest BCUT2D eigenvalue weighted by molar-refractivity contribution is -0.383. The van der Waals surface area contributed by atoms with Crippen molar-refractivity contribution in [2.75, 3.05) is 17.3 Å². The summed E-state index contributed by atoms with van der Waals surface area (Å²) >= 11 is 11.8. The van der Waals surface area contributed by atoms with Gasteiger partial charge in [0.15, 0.2) is 6.61 Å². The normalized spacial score (nSPS) is 10.4. The van der Waals surface area contributed by atoms with Gasteiger partial charge in [0.1, 0.15) is 12.1 Å². The van der Waals surface area contributed by atoms with E-state index in [-0.39, 0.29) is 22.4 Å². The van der Waals surface area contributed by atoms with E-state index in [9.17, 15) is 14.9 Å². The van der Waals surface area contributed by atoms with E-state index in [1.165, 1.54) is 12.1 Å². The van der Waals surface area contributed by atoms with Crippen LogP contribution in [0.2, 0.25) is 10.0 Å². The number of benzene rings is 2. The van der Waals surface area contributed by atoms with Crippen LogP contribution in [0.3, 0.4) is 0 Å². The smallest absolute Gasteiger partial charge is 0.355 e. The quantitative estimate of drug-likeness (QED) is 0.318. The zero-order valence-electron chi connectivity index (χ0n) is 17.0. The second-order valence-electron chi connectivity index (χ2n) is 6.71. The van der Waals surface area contributed by atoms with E-state index >= 15 is 0 Å². The van der Waals surface area contributed by atoms with Gasteiger partial charge in [0, 0.05) is 10.7 Å². The van der Waals surface area contributed by atoms with E-state index in [2.05, 4.69) is 26.1 Å². The molecule has 2 aromatic carbocycles. The molecule has 32 heavy (non-hydrogen) atoms. The highest BCUT2D eigenvalue weighted by Gasteiger charge is 2.24. The van der Waals surface area contributed by atoms with Crippen LogP contribution in [-0.4, -0.2) is 27.4 Å². The summed E-state index contributed by atoms with van der Waals surface area (Å²) in [5.74, 6) is -0.586. The van der Waals surface area contributed by atoms with Gasteiger partial charge in [-0.3, -0.25) is 25.8 Å². The predicted molar refractivity (Wildman–Crippen MR) is 122 cm³/mol. The summed E-state index contributed by atoms with van der Waals surface area (Å²) in [5, 5.41) is 15.3. The second-order valence-corrected chi connectivity index (χ2v) is 7.56. The molecule has 0 spiro atoms. The van der Waals surface area contributed by atoms with Gasteiger partial charge in [-0.15, -0.1) is 0 Å². The van der Waals surface area contributed by atoms with Crippen molar-refractivity contribution < 1.29 is 14.5 Å². The summed E-state index contributed by atoms with van der Waals surface area (Å²) in [4.78, 5) is 30.9. The first-order valence-electron chi connectivity index (χ1n) is 9.20. The van der Waals surface area contributed by atoms with Crippen molar-refractivity contribution >= 4 is 52.1 Å². The first-order chi connectivity index (χ1) is 15.2. The molecular formula is C20H18Cl2N6O4. The number of aromatic nitrogens is 2. The molecule has 3 aromatic rings. The summed E-state index contributed by atoms with van der Waals surface area (Å²) < 4.78 is 5.32. The first kappa shape index (κ1) is 23.0. The highest BCUT2D eigenvalue weighted by molar-refractivity contribution is 6.35. The van der Waals surface area contributed by atoms with Gasteiger partial charge < -0.3 is 10.1 Å². The molecule has 12 heteroatoms. The highest BCUT2D eigenvalue weighted by Crippen LogP contribution is 2.31. The molecule has 0 saturated carbocycles. The van der Waals surface area contributed by atoms with Gasteiger partial charge in [-0.25, -0.2) is 9.97 Å². The molecule has 0 unspecified atom stereocenters. The predicted octanol–water partition coefficient (Wildman–Crippen LogP) is 4.57. The second kappa shape index (κ2) is 10.1. The summed E-state index contributed by atoms with van der Waals surface area (Å²) in [5.41, 5.74) is 6.90. The van der Waals surface area contributed by atoms with Crippen LogP contribution in [0.25, 0.3) is 0 Å². The fourth-order valence-corrected chi connectivity index (χ4v) is 3.28. The number of nitrogens with zero attached hydrogens (tertiary/aromatic N) is 3. The Kier molecular flexibility index (Phi) is 7.29. The number of carbonyl (C=O) groups excluding carboxylic acids is 1. The average Bonchev–Trinajstić information content (AvgIpc) is 2.70. The maximum Gasteiger partial charge on any atom is 0.355 e. The molecule has 0 aliphatic heterocycles. The van der Waals surface area contributed by atoms with E-state index < -0.39 is 23.1 Å². The largest absolute Gasteiger partial charge is 0.482 e. The minimum absolute atomic E-state index is 0.0315. The fourth-order valence-electron chi connectivity index (χ4n) is 2.82. The summed E-state index contributed by atoms with van der Waals surface area (Å²) in [6.45, 7) is 3.42. The van der Waals surface area contributed by atoms with Crippen molar-refractivity contribution in [1.29, 1.82) is 0 Å². The van der Waals surface area contributed by atoms with Gasteiger partial charge in [-0.1, -0.05) is 29.3 Å². The minimum atomic E-state index is -0.649. The van der Waals surface area contributed by atoms with E-state index in [1.807, 2.05) is 32.0 Å². The van der Waals surface area contributed by atoms with Gasteiger partial charge in [-0.05, 0) is 55.3 Å². The van der Waals surface area contributed by atoms with Crippen LogP contribution in [0.4, 0.5) is 23.0 Å². The molecule has 10 nitrogen and oxygen atoms in total. The molecule has 0 aliphatic rings. The fraction of sp³-hybridized carbons (Fsp3) is 0.150. The monoisotopic (exact) mass is 476 g/mol. The van der Waals surface area contributed by atoms with Crippen LogP contribution in [0.5, 0.6) is 5.75 Å². The number of nitrogens with one attached hydrogen (secondary N) is 3. The van der Waals surface area contributed by atoms with E-state index in [1.54, 1.807) is 6.07 Å². The molecule has 0 atom stereocenters. The van der Waals surface area contributed by atoms with Crippen LogP contribution < -0.4 is 20.9 Å². The Morgan fingerprint density at radius 3 is 2.44 bits per heavy atom. The Balaban J connectivity index is 1.70. The van der Waals surface area contributed by atoms with Crippen molar-refractivity contribution in [3.63, 3.8) is 0 Å². The van der Waals surface area contributed by atoms with Crippen molar-refractivity contribution in [1.82, 2.24) is 15.4 Å². The maximum absolute atomic E-state index is 12.1. The molecular weight excluding hydrogens is 459 g/mol. The number of anilines is 3. The number of rotatable bonds is 8. The Labute approximate surface area is 193 Å². The van der Waals surface area contributed by atoms with Crippen molar-refractivity contribution in [3.05, 3.63) is 74.0 Å². The number of nitro groups is 1. The zero-order valence-corrected chi connectivity index (χ0v) is 18.5. The van der Waals surface area contributed by atoms with Crippen molar-refractivity contribution in [2.24, 2.45) is 0 Å². The van der Waals surface area contributed by atoms with Crippen LogP contribution in [0, 0.1) is 24.0 Å². The molecule has 166 valence electrons. The molecule has 3 N–H and O–H groups in total. The molecule has 0 bridgehead atoms.